The Morgan fingerprint density at radius 3 is 1.35 bits per heavy atom. The molecule has 1 unspecified atom stereocenters. The molecule has 20 heavy (non-hydrogen) atoms. The van der Waals surface area contributed by atoms with Crippen LogP contribution in [0.4, 0.5) is 0 Å². The van der Waals surface area contributed by atoms with Crippen molar-refractivity contribution in [2.45, 2.75) is 122 Å². The van der Waals surface area contributed by atoms with Gasteiger partial charge in [-0.05, 0) is 20.3 Å². The summed E-state index contributed by atoms with van der Waals surface area (Å²) in [5, 5.41) is 3.55. The molecule has 120 valence electrons. The molecule has 1 heterocycles. The smallest absolute Gasteiger partial charge is 0.0281 e. The molecule has 1 rings (SSSR count). The Bertz CT molecular complexity index is 222. The van der Waals surface area contributed by atoms with Gasteiger partial charge in [-0.3, -0.25) is 0 Å². The summed E-state index contributed by atoms with van der Waals surface area (Å²) in [7, 11) is 0. The van der Waals surface area contributed by atoms with Crippen LogP contribution >= 0.6 is 0 Å². The first-order valence-corrected chi connectivity index (χ1v) is 9.44. The van der Waals surface area contributed by atoms with Crippen molar-refractivity contribution >= 4 is 0 Å². The summed E-state index contributed by atoms with van der Waals surface area (Å²) in [5.41, 5.74) is 0.455. The summed E-state index contributed by atoms with van der Waals surface area (Å²) in [4.78, 5) is 0. The highest BCUT2D eigenvalue weighted by Crippen LogP contribution is 2.29. The van der Waals surface area contributed by atoms with E-state index in [9.17, 15) is 0 Å². The van der Waals surface area contributed by atoms with Crippen molar-refractivity contribution in [1.82, 2.24) is 5.32 Å². The number of rotatable bonds is 14. The first-order valence-electron chi connectivity index (χ1n) is 9.44. The van der Waals surface area contributed by atoms with Crippen LogP contribution in [0.5, 0.6) is 0 Å². The highest BCUT2D eigenvalue weighted by molar-refractivity contribution is 5.07. The van der Waals surface area contributed by atoms with Crippen molar-refractivity contribution in [3.8, 4) is 0 Å². The summed E-state index contributed by atoms with van der Waals surface area (Å²) < 4.78 is 0. The van der Waals surface area contributed by atoms with Crippen molar-refractivity contribution in [2.24, 2.45) is 0 Å². The maximum absolute atomic E-state index is 3.55. The van der Waals surface area contributed by atoms with Gasteiger partial charge in [0.2, 0.25) is 0 Å². The van der Waals surface area contributed by atoms with Gasteiger partial charge in [-0.1, -0.05) is 90.4 Å². The summed E-state index contributed by atoms with van der Waals surface area (Å²) in [6, 6.07) is 0.815. The fourth-order valence-corrected chi connectivity index (χ4v) is 3.21. The van der Waals surface area contributed by atoms with Crippen LogP contribution in [0.3, 0.4) is 0 Å². The van der Waals surface area contributed by atoms with Gasteiger partial charge in [0.1, 0.15) is 0 Å². The second-order valence-electron chi connectivity index (χ2n) is 7.45. The normalized spacial score (nSPS) is 20.2. The molecular formula is C19H39N. The molecule has 1 saturated heterocycles. The molecule has 0 spiro atoms. The molecule has 1 nitrogen and oxygen atoms in total. The predicted molar refractivity (Wildman–Crippen MR) is 91.3 cm³/mol. The number of nitrogens with one attached hydrogen (secondary N) is 1. The fourth-order valence-electron chi connectivity index (χ4n) is 3.21. The molecular weight excluding hydrogens is 242 g/mol. The van der Waals surface area contributed by atoms with Gasteiger partial charge in [0.25, 0.3) is 0 Å². The Balaban J connectivity index is 1.67. The SMILES string of the molecule is CCCCCCCCCCCCCCCC1NC1(C)C. The second kappa shape index (κ2) is 10.7. The molecule has 0 aromatic rings. The average Bonchev–Trinajstić information content (AvgIpc) is 3.02. The molecule has 0 saturated carbocycles. The van der Waals surface area contributed by atoms with E-state index in [1.807, 2.05) is 0 Å². The fraction of sp³-hybridized carbons (Fsp3) is 1.00. The Morgan fingerprint density at radius 1 is 0.650 bits per heavy atom. The molecule has 0 aromatic carbocycles. The molecule has 0 aromatic heterocycles. The van der Waals surface area contributed by atoms with Crippen LogP contribution in [0.15, 0.2) is 0 Å². The van der Waals surface area contributed by atoms with Crippen LogP contribution in [-0.2, 0) is 0 Å². The number of hydrogen-bond acceptors (Lipinski definition) is 1. The van der Waals surface area contributed by atoms with Crippen LogP contribution < -0.4 is 5.32 Å². The van der Waals surface area contributed by atoms with Gasteiger partial charge in [0, 0.05) is 11.6 Å². The second-order valence-corrected chi connectivity index (χ2v) is 7.45. The van der Waals surface area contributed by atoms with Gasteiger partial charge < -0.3 is 5.32 Å². The van der Waals surface area contributed by atoms with E-state index in [4.69, 9.17) is 0 Å². The Labute approximate surface area is 128 Å². The minimum Gasteiger partial charge on any atom is -0.306 e. The predicted octanol–water partition coefficient (Wildman–Crippen LogP) is 6.22. The van der Waals surface area contributed by atoms with E-state index in [-0.39, 0.29) is 0 Å². The van der Waals surface area contributed by atoms with E-state index in [1.54, 1.807) is 0 Å². The summed E-state index contributed by atoms with van der Waals surface area (Å²) in [6.07, 6.45) is 20.3. The molecule has 0 bridgehead atoms. The van der Waals surface area contributed by atoms with Crippen molar-refractivity contribution in [2.75, 3.05) is 0 Å². The van der Waals surface area contributed by atoms with E-state index in [0.717, 1.165) is 6.04 Å². The summed E-state index contributed by atoms with van der Waals surface area (Å²) >= 11 is 0. The van der Waals surface area contributed by atoms with Crippen LogP contribution in [-0.4, -0.2) is 11.6 Å². The lowest BCUT2D eigenvalue weighted by Gasteiger charge is -2.03. The Morgan fingerprint density at radius 2 is 1.00 bits per heavy atom. The topological polar surface area (TPSA) is 21.9 Å². The molecule has 1 aliphatic rings. The van der Waals surface area contributed by atoms with E-state index in [0.29, 0.717) is 5.54 Å². The largest absolute Gasteiger partial charge is 0.306 e. The van der Waals surface area contributed by atoms with Gasteiger partial charge in [0.15, 0.2) is 0 Å². The van der Waals surface area contributed by atoms with Gasteiger partial charge in [-0.15, -0.1) is 0 Å². The first-order chi connectivity index (χ1) is 9.67. The van der Waals surface area contributed by atoms with E-state index >= 15 is 0 Å². The van der Waals surface area contributed by atoms with Gasteiger partial charge in [-0.25, -0.2) is 0 Å². The molecule has 1 aliphatic heterocycles. The zero-order valence-electron chi connectivity index (χ0n) is 14.5. The van der Waals surface area contributed by atoms with Crippen LogP contribution in [0.25, 0.3) is 0 Å². The molecule has 1 heteroatoms. The zero-order chi connectivity index (χ0) is 14.7. The van der Waals surface area contributed by atoms with Gasteiger partial charge in [-0.2, -0.15) is 0 Å². The van der Waals surface area contributed by atoms with Crippen LogP contribution in [0.2, 0.25) is 0 Å². The van der Waals surface area contributed by atoms with Crippen molar-refractivity contribution in [3.05, 3.63) is 0 Å². The summed E-state index contributed by atoms with van der Waals surface area (Å²) in [6.45, 7) is 6.93. The van der Waals surface area contributed by atoms with Crippen molar-refractivity contribution < 1.29 is 0 Å². The molecule has 0 aliphatic carbocycles. The quantitative estimate of drug-likeness (QED) is 0.296. The van der Waals surface area contributed by atoms with Gasteiger partial charge >= 0.3 is 0 Å². The highest BCUT2D eigenvalue weighted by Gasteiger charge is 2.43. The molecule has 1 fully saturated rings. The molecule has 0 radical (unpaired) electrons. The number of hydrogen-bond donors (Lipinski definition) is 1. The van der Waals surface area contributed by atoms with Crippen LogP contribution in [0.1, 0.15) is 111 Å². The average molecular weight is 282 g/mol. The zero-order valence-corrected chi connectivity index (χ0v) is 14.5. The third-order valence-electron chi connectivity index (χ3n) is 4.93. The monoisotopic (exact) mass is 281 g/mol. The Hall–Kier alpha value is -0.0400. The lowest BCUT2D eigenvalue weighted by atomic mass is 10.0. The Kier molecular flexibility index (Phi) is 9.59. The van der Waals surface area contributed by atoms with Gasteiger partial charge in [0.05, 0.1) is 0 Å². The molecule has 1 atom stereocenters. The third-order valence-corrected chi connectivity index (χ3v) is 4.93. The maximum atomic E-state index is 3.55. The maximum Gasteiger partial charge on any atom is 0.0281 e. The minimum atomic E-state index is 0.455. The first kappa shape index (κ1) is 18.0. The van der Waals surface area contributed by atoms with Crippen molar-refractivity contribution in [1.29, 1.82) is 0 Å². The highest BCUT2D eigenvalue weighted by atomic mass is 15.2. The van der Waals surface area contributed by atoms with Crippen molar-refractivity contribution in [3.63, 3.8) is 0 Å². The lowest BCUT2D eigenvalue weighted by molar-refractivity contribution is 0.532. The third kappa shape index (κ3) is 9.00. The number of unbranched alkanes of at least 4 members (excludes halogenated alkanes) is 12. The van der Waals surface area contributed by atoms with E-state index < -0.39 is 0 Å². The van der Waals surface area contributed by atoms with E-state index in [2.05, 4.69) is 26.1 Å². The molecule has 1 N–H and O–H groups in total. The minimum absolute atomic E-state index is 0.455. The van der Waals surface area contributed by atoms with Crippen LogP contribution in [0, 0.1) is 0 Å². The molecule has 0 amide bonds. The standard InChI is InChI=1S/C19H39N/c1-4-5-6-7-8-9-10-11-12-13-14-15-16-17-18-19(2,3)20-18/h18,20H,4-17H2,1-3H3. The lowest BCUT2D eigenvalue weighted by Crippen LogP contribution is -2.03. The van der Waals surface area contributed by atoms with E-state index in [1.165, 1.54) is 89.9 Å². The summed E-state index contributed by atoms with van der Waals surface area (Å²) in [5.74, 6) is 0.